The van der Waals surface area contributed by atoms with E-state index < -0.39 is 0 Å². The van der Waals surface area contributed by atoms with E-state index in [1.165, 1.54) is 12.1 Å². The Kier molecular flexibility index (Phi) is 2.40. The summed E-state index contributed by atoms with van der Waals surface area (Å²) in [7, 11) is 0. The van der Waals surface area contributed by atoms with Gasteiger partial charge in [0.05, 0.1) is 0 Å². The number of hydrogen-bond donors (Lipinski definition) is 3. The molecule has 4 nitrogen and oxygen atoms in total. The summed E-state index contributed by atoms with van der Waals surface area (Å²) in [4.78, 5) is 0. The largest absolute Gasteiger partial charge is 0.508 e. The van der Waals surface area contributed by atoms with Gasteiger partial charge in [0.1, 0.15) is 11.5 Å². The number of halogens is 1. The number of aromatic hydroxyl groups is 2. The molecular weight excluding hydrogens is 182 g/mol. The third-order valence-electron chi connectivity index (χ3n) is 1.23. The first-order valence-electron chi connectivity index (χ1n) is 3.04. The summed E-state index contributed by atoms with van der Waals surface area (Å²) in [6.07, 6.45) is 0. The van der Waals surface area contributed by atoms with Gasteiger partial charge in [-0.25, -0.2) is 0 Å². The lowest BCUT2D eigenvalue weighted by Crippen LogP contribution is -1.89. The Hall–Kier alpha value is -1.42. The first kappa shape index (κ1) is 8.67. The van der Waals surface area contributed by atoms with Crippen LogP contribution in [0.1, 0.15) is 5.56 Å². The number of nitrogens with zero attached hydrogens (tertiary/aromatic N) is 1. The molecule has 5 heteroatoms. The van der Waals surface area contributed by atoms with Crippen LogP contribution in [0.2, 0.25) is 0 Å². The maximum Gasteiger partial charge on any atom is 0.175 e. The Morgan fingerprint density at radius 2 is 1.67 bits per heavy atom. The molecule has 0 aliphatic carbocycles. The minimum Gasteiger partial charge on any atom is -0.508 e. The minimum atomic E-state index is -0.193. The number of hydrogen-bond acceptors (Lipinski definition) is 4. The predicted molar refractivity (Wildman–Crippen MR) is 43.9 cm³/mol. The molecule has 3 N–H and O–H groups in total. The normalized spacial score (nSPS) is 11.6. The zero-order valence-electron chi connectivity index (χ0n) is 5.90. The second-order valence-electron chi connectivity index (χ2n) is 2.13. The van der Waals surface area contributed by atoms with Crippen LogP contribution < -0.4 is 0 Å². The predicted octanol–water partition coefficient (Wildman–Crippen LogP) is 1.47. The fourth-order valence-corrected chi connectivity index (χ4v) is 0.881. The van der Waals surface area contributed by atoms with Gasteiger partial charge in [0.25, 0.3) is 0 Å². The summed E-state index contributed by atoms with van der Waals surface area (Å²) < 4.78 is 0. The van der Waals surface area contributed by atoms with Gasteiger partial charge in [0, 0.05) is 11.6 Å². The molecule has 0 heterocycles. The molecule has 0 saturated heterocycles. The first-order valence-corrected chi connectivity index (χ1v) is 3.42. The van der Waals surface area contributed by atoms with E-state index in [2.05, 4.69) is 5.16 Å². The van der Waals surface area contributed by atoms with E-state index in [1.807, 2.05) is 0 Å². The lowest BCUT2D eigenvalue weighted by atomic mass is 10.2. The highest BCUT2D eigenvalue weighted by Gasteiger charge is 2.03. The molecule has 64 valence electrons. The van der Waals surface area contributed by atoms with Crippen LogP contribution in [0.25, 0.3) is 0 Å². The Morgan fingerprint density at radius 1 is 1.17 bits per heavy atom. The van der Waals surface area contributed by atoms with Crippen LogP contribution in [0.5, 0.6) is 11.5 Å². The standard InChI is InChI=1S/C7H6ClNO3/c8-7(9-12)4-1-5(10)3-6(11)2-4/h1-3,10-12H/b9-7-. The van der Waals surface area contributed by atoms with Crippen LogP contribution in [0, 0.1) is 0 Å². The molecule has 0 aromatic heterocycles. The maximum atomic E-state index is 8.98. The van der Waals surface area contributed by atoms with Crippen LogP contribution >= 0.6 is 11.6 Å². The Balaban J connectivity index is 3.17. The third-order valence-corrected chi connectivity index (χ3v) is 1.52. The van der Waals surface area contributed by atoms with Gasteiger partial charge in [-0.3, -0.25) is 0 Å². The Labute approximate surface area is 73.3 Å². The molecule has 0 aliphatic rings. The van der Waals surface area contributed by atoms with Crippen LogP contribution in [0.4, 0.5) is 0 Å². The summed E-state index contributed by atoms with van der Waals surface area (Å²) in [5, 5.41) is 28.7. The minimum absolute atomic E-state index is 0.146. The van der Waals surface area contributed by atoms with Gasteiger partial charge in [-0.05, 0) is 12.1 Å². The zero-order chi connectivity index (χ0) is 9.14. The van der Waals surface area contributed by atoms with Crippen LogP contribution in [0.15, 0.2) is 23.4 Å². The lowest BCUT2D eigenvalue weighted by molar-refractivity contribution is 0.321. The molecule has 0 unspecified atom stereocenters. The second-order valence-corrected chi connectivity index (χ2v) is 2.49. The van der Waals surface area contributed by atoms with Gasteiger partial charge in [-0.2, -0.15) is 0 Å². The summed E-state index contributed by atoms with van der Waals surface area (Å²) in [5.74, 6) is -0.293. The molecule has 1 rings (SSSR count). The number of oxime groups is 1. The average molecular weight is 188 g/mol. The molecule has 1 aromatic rings. The van der Waals surface area contributed by atoms with E-state index in [1.54, 1.807) is 0 Å². The smallest absolute Gasteiger partial charge is 0.175 e. The van der Waals surface area contributed by atoms with E-state index in [9.17, 15) is 0 Å². The van der Waals surface area contributed by atoms with Crippen molar-refractivity contribution < 1.29 is 15.4 Å². The van der Waals surface area contributed by atoms with Crippen LogP contribution in [0.3, 0.4) is 0 Å². The number of phenolic OH excluding ortho intramolecular Hbond substituents is 2. The molecule has 0 radical (unpaired) electrons. The van der Waals surface area contributed by atoms with Crippen LogP contribution in [-0.4, -0.2) is 20.6 Å². The number of rotatable bonds is 1. The Bertz CT molecular complexity index is 304. The van der Waals surface area contributed by atoms with Gasteiger partial charge < -0.3 is 15.4 Å². The molecule has 0 saturated carbocycles. The van der Waals surface area contributed by atoms with Crippen molar-refractivity contribution in [1.82, 2.24) is 0 Å². The molecule has 0 aliphatic heterocycles. The highest BCUT2D eigenvalue weighted by Crippen LogP contribution is 2.21. The van der Waals surface area contributed by atoms with E-state index in [0.29, 0.717) is 0 Å². The Morgan fingerprint density at radius 3 is 2.08 bits per heavy atom. The van der Waals surface area contributed by atoms with E-state index in [-0.39, 0.29) is 22.2 Å². The van der Waals surface area contributed by atoms with Crippen molar-refractivity contribution in [3.63, 3.8) is 0 Å². The molecule has 0 atom stereocenters. The highest BCUT2D eigenvalue weighted by molar-refractivity contribution is 6.69. The van der Waals surface area contributed by atoms with Crippen LogP contribution in [-0.2, 0) is 0 Å². The van der Waals surface area contributed by atoms with Crippen molar-refractivity contribution in [3.8, 4) is 11.5 Å². The summed E-state index contributed by atoms with van der Waals surface area (Å²) in [5.41, 5.74) is 0.247. The maximum absolute atomic E-state index is 8.98. The SMILES string of the molecule is O/N=C(\Cl)c1cc(O)cc(O)c1. The van der Waals surface area contributed by atoms with Crippen molar-refractivity contribution in [2.24, 2.45) is 5.16 Å². The summed E-state index contributed by atoms with van der Waals surface area (Å²) >= 11 is 5.41. The summed E-state index contributed by atoms with van der Waals surface area (Å²) in [6.45, 7) is 0. The number of benzene rings is 1. The molecule has 0 bridgehead atoms. The second kappa shape index (κ2) is 3.32. The topological polar surface area (TPSA) is 73.1 Å². The van der Waals surface area contributed by atoms with E-state index >= 15 is 0 Å². The molecule has 0 fully saturated rings. The highest BCUT2D eigenvalue weighted by atomic mass is 35.5. The van der Waals surface area contributed by atoms with Crippen molar-refractivity contribution in [1.29, 1.82) is 0 Å². The lowest BCUT2D eigenvalue weighted by Gasteiger charge is -1.98. The van der Waals surface area contributed by atoms with Crippen molar-refractivity contribution in [2.45, 2.75) is 0 Å². The average Bonchev–Trinajstić information content (AvgIpc) is 2.01. The van der Waals surface area contributed by atoms with Gasteiger partial charge in [0.2, 0.25) is 0 Å². The molecule has 0 amide bonds. The van der Waals surface area contributed by atoms with Crippen molar-refractivity contribution in [3.05, 3.63) is 23.8 Å². The molecular formula is C7H6ClNO3. The van der Waals surface area contributed by atoms with Crippen molar-refractivity contribution in [2.75, 3.05) is 0 Å². The third kappa shape index (κ3) is 1.79. The monoisotopic (exact) mass is 187 g/mol. The molecule has 1 aromatic carbocycles. The van der Waals surface area contributed by atoms with Gasteiger partial charge >= 0.3 is 0 Å². The fraction of sp³-hybridized carbons (Fsp3) is 0. The zero-order valence-corrected chi connectivity index (χ0v) is 6.65. The van der Waals surface area contributed by atoms with Gasteiger partial charge in [-0.1, -0.05) is 16.8 Å². The number of phenols is 2. The molecule has 0 spiro atoms. The first-order chi connectivity index (χ1) is 5.63. The molecule has 12 heavy (non-hydrogen) atoms. The van der Waals surface area contributed by atoms with E-state index in [4.69, 9.17) is 27.0 Å². The van der Waals surface area contributed by atoms with Gasteiger partial charge in [-0.15, -0.1) is 0 Å². The van der Waals surface area contributed by atoms with Gasteiger partial charge in [0.15, 0.2) is 5.17 Å². The van der Waals surface area contributed by atoms with E-state index in [0.717, 1.165) is 6.07 Å². The van der Waals surface area contributed by atoms with Crippen molar-refractivity contribution >= 4 is 16.8 Å². The fourth-order valence-electron chi connectivity index (χ4n) is 0.772. The quantitative estimate of drug-likeness (QED) is 0.354. The summed E-state index contributed by atoms with van der Waals surface area (Å²) in [6, 6.07) is 3.68.